The van der Waals surface area contributed by atoms with E-state index in [1.165, 1.54) is 0 Å². The molecule has 2 N–H and O–H groups in total. The minimum atomic E-state index is -0.0408. The molecule has 0 radical (unpaired) electrons. The molecule has 3 atom stereocenters. The van der Waals surface area contributed by atoms with Gasteiger partial charge in [0, 0.05) is 18.7 Å². The van der Waals surface area contributed by atoms with Gasteiger partial charge >= 0.3 is 0 Å². The van der Waals surface area contributed by atoms with E-state index < -0.39 is 0 Å². The van der Waals surface area contributed by atoms with Crippen LogP contribution in [0, 0.1) is 5.92 Å². The summed E-state index contributed by atoms with van der Waals surface area (Å²) in [6, 6.07) is 7.82. The van der Waals surface area contributed by atoms with Crippen LogP contribution in [0.15, 0.2) is 24.3 Å². The number of methoxy groups -OCH3 is 1. The highest BCUT2D eigenvalue weighted by Gasteiger charge is 2.32. The van der Waals surface area contributed by atoms with Gasteiger partial charge in [-0.2, -0.15) is 0 Å². The van der Waals surface area contributed by atoms with Gasteiger partial charge in [-0.05, 0) is 25.8 Å². The molecule has 1 aliphatic carbocycles. The van der Waals surface area contributed by atoms with Gasteiger partial charge in [0.15, 0.2) is 0 Å². The van der Waals surface area contributed by atoms with Crippen molar-refractivity contribution in [2.75, 3.05) is 14.2 Å². The van der Waals surface area contributed by atoms with E-state index in [4.69, 9.17) is 10.5 Å². The molecular weight excluding hydrogens is 264 g/mol. The molecule has 2 rings (SSSR count). The van der Waals surface area contributed by atoms with Crippen LogP contribution in [0.2, 0.25) is 0 Å². The zero-order valence-corrected chi connectivity index (χ0v) is 13.2. The van der Waals surface area contributed by atoms with Crippen LogP contribution in [0.5, 0.6) is 5.75 Å². The van der Waals surface area contributed by atoms with Gasteiger partial charge in [-0.1, -0.05) is 31.0 Å². The van der Waals surface area contributed by atoms with Crippen molar-refractivity contribution in [1.82, 2.24) is 4.90 Å². The summed E-state index contributed by atoms with van der Waals surface area (Å²) in [5.74, 6) is 0.930. The summed E-state index contributed by atoms with van der Waals surface area (Å²) in [5, 5.41) is 0. The van der Waals surface area contributed by atoms with E-state index in [1.807, 2.05) is 43.1 Å². The maximum absolute atomic E-state index is 12.7. The SMILES string of the molecule is COc1ccccc1C(C)N(C)C(=O)C1CCCCC1N. The van der Waals surface area contributed by atoms with Crippen molar-refractivity contribution < 1.29 is 9.53 Å². The number of rotatable bonds is 4. The Kier molecular flexibility index (Phi) is 5.23. The lowest BCUT2D eigenvalue weighted by molar-refractivity contribution is -0.137. The van der Waals surface area contributed by atoms with Gasteiger partial charge in [0.05, 0.1) is 19.1 Å². The molecule has 1 saturated carbocycles. The number of para-hydroxylation sites is 1. The Morgan fingerprint density at radius 3 is 2.67 bits per heavy atom. The van der Waals surface area contributed by atoms with E-state index in [-0.39, 0.29) is 23.9 Å². The van der Waals surface area contributed by atoms with Crippen molar-refractivity contribution in [3.8, 4) is 5.75 Å². The summed E-state index contributed by atoms with van der Waals surface area (Å²) in [4.78, 5) is 14.5. The normalized spacial score (nSPS) is 23.4. The molecule has 0 spiro atoms. The molecular formula is C17H26N2O2. The molecule has 0 bridgehead atoms. The first-order valence-corrected chi connectivity index (χ1v) is 7.71. The third-order valence-electron chi connectivity index (χ3n) is 4.65. The molecule has 3 unspecified atom stereocenters. The number of ether oxygens (including phenoxy) is 1. The molecule has 4 nitrogen and oxygen atoms in total. The monoisotopic (exact) mass is 290 g/mol. The summed E-state index contributed by atoms with van der Waals surface area (Å²) in [6.45, 7) is 2.03. The average molecular weight is 290 g/mol. The van der Waals surface area contributed by atoms with Crippen LogP contribution in [0.4, 0.5) is 0 Å². The van der Waals surface area contributed by atoms with E-state index >= 15 is 0 Å². The van der Waals surface area contributed by atoms with Crippen molar-refractivity contribution in [2.24, 2.45) is 11.7 Å². The Morgan fingerprint density at radius 2 is 2.00 bits per heavy atom. The molecule has 116 valence electrons. The number of carbonyl (C=O) groups is 1. The molecule has 21 heavy (non-hydrogen) atoms. The smallest absolute Gasteiger partial charge is 0.227 e. The summed E-state index contributed by atoms with van der Waals surface area (Å²) in [6.07, 6.45) is 4.09. The standard InChI is InChI=1S/C17H26N2O2/c1-12(13-8-5-7-11-16(13)21-3)19(2)17(20)14-9-4-6-10-15(14)18/h5,7-8,11-12,14-15H,4,6,9-10,18H2,1-3H3. The van der Waals surface area contributed by atoms with Crippen LogP contribution in [0.3, 0.4) is 0 Å². The van der Waals surface area contributed by atoms with E-state index in [1.54, 1.807) is 7.11 Å². The Hall–Kier alpha value is -1.55. The molecule has 0 aliphatic heterocycles. The zero-order chi connectivity index (χ0) is 15.4. The lowest BCUT2D eigenvalue weighted by Gasteiger charge is -2.34. The minimum Gasteiger partial charge on any atom is -0.496 e. The second-order valence-corrected chi connectivity index (χ2v) is 5.92. The molecule has 0 aromatic heterocycles. The third-order valence-corrected chi connectivity index (χ3v) is 4.65. The van der Waals surface area contributed by atoms with Gasteiger partial charge in [-0.15, -0.1) is 0 Å². The maximum Gasteiger partial charge on any atom is 0.227 e. The number of hydrogen-bond donors (Lipinski definition) is 1. The van der Waals surface area contributed by atoms with Gasteiger partial charge in [0.25, 0.3) is 0 Å². The van der Waals surface area contributed by atoms with Crippen molar-refractivity contribution in [3.05, 3.63) is 29.8 Å². The predicted octanol–water partition coefficient (Wildman–Crippen LogP) is 2.73. The van der Waals surface area contributed by atoms with Gasteiger partial charge in [-0.3, -0.25) is 4.79 Å². The molecule has 1 aliphatic rings. The lowest BCUT2D eigenvalue weighted by atomic mass is 9.84. The fourth-order valence-electron chi connectivity index (χ4n) is 3.14. The molecule has 0 heterocycles. The second kappa shape index (κ2) is 6.94. The Labute approximate surface area is 127 Å². The van der Waals surface area contributed by atoms with Crippen molar-refractivity contribution in [3.63, 3.8) is 0 Å². The average Bonchev–Trinajstić information content (AvgIpc) is 2.53. The summed E-state index contributed by atoms with van der Waals surface area (Å²) < 4.78 is 5.40. The van der Waals surface area contributed by atoms with E-state index in [2.05, 4.69) is 0 Å². The van der Waals surface area contributed by atoms with Gasteiger partial charge < -0.3 is 15.4 Å². The number of hydrogen-bond acceptors (Lipinski definition) is 3. The van der Waals surface area contributed by atoms with Crippen LogP contribution in [0.1, 0.15) is 44.2 Å². The van der Waals surface area contributed by atoms with Gasteiger partial charge in [0.2, 0.25) is 5.91 Å². The van der Waals surface area contributed by atoms with Gasteiger partial charge in [-0.25, -0.2) is 0 Å². The molecule has 0 saturated heterocycles. The molecule has 1 fully saturated rings. The van der Waals surface area contributed by atoms with E-state index in [0.717, 1.165) is 37.0 Å². The van der Waals surface area contributed by atoms with E-state index in [0.29, 0.717) is 0 Å². The Morgan fingerprint density at radius 1 is 1.33 bits per heavy atom. The zero-order valence-electron chi connectivity index (χ0n) is 13.2. The fourth-order valence-corrected chi connectivity index (χ4v) is 3.14. The molecule has 1 amide bonds. The largest absolute Gasteiger partial charge is 0.496 e. The number of amides is 1. The first-order chi connectivity index (χ1) is 10.1. The van der Waals surface area contributed by atoms with Crippen LogP contribution in [0.25, 0.3) is 0 Å². The first kappa shape index (κ1) is 15.8. The van der Waals surface area contributed by atoms with Crippen LogP contribution >= 0.6 is 0 Å². The quantitative estimate of drug-likeness (QED) is 0.927. The highest BCUT2D eigenvalue weighted by Crippen LogP contribution is 2.31. The highest BCUT2D eigenvalue weighted by atomic mass is 16.5. The lowest BCUT2D eigenvalue weighted by Crippen LogP contribution is -2.45. The fraction of sp³-hybridized carbons (Fsp3) is 0.588. The van der Waals surface area contributed by atoms with Crippen molar-refractivity contribution in [1.29, 1.82) is 0 Å². The van der Waals surface area contributed by atoms with Crippen LogP contribution in [-0.2, 0) is 4.79 Å². The minimum absolute atomic E-state index is 0.00133. The number of benzene rings is 1. The van der Waals surface area contributed by atoms with Crippen LogP contribution < -0.4 is 10.5 Å². The molecule has 1 aromatic rings. The second-order valence-electron chi connectivity index (χ2n) is 5.92. The Balaban J connectivity index is 2.14. The topological polar surface area (TPSA) is 55.6 Å². The highest BCUT2D eigenvalue weighted by molar-refractivity contribution is 5.80. The number of nitrogens with two attached hydrogens (primary N) is 1. The predicted molar refractivity (Wildman–Crippen MR) is 84.1 cm³/mol. The van der Waals surface area contributed by atoms with Gasteiger partial charge in [0.1, 0.15) is 5.75 Å². The molecule has 1 aromatic carbocycles. The van der Waals surface area contributed by atoms with Crippen molar-refractivity contribution >= 4 is 5.91 Å². The molecule has 4 heteroatoms. The number of carbonyl (C=O) groups excluding carboxylic acids is 1. The summed E-state index contributed by atoms with van der Waals surface area (Å²) >= 11 is 0. The summed E-state index contributed by atoms with van der Waals surface area (Å²) in [5.41, 5.74) is 7.17. The third kappa shape index (κ3) is 3.38. The summed E-state index contributed by atoms with van der Waals surface area (Å²) in [7, 11) is 3.52. The Bertz CT molecular complexity index is 489. The number of nitrogens with zero attached hydrogens (tertiary/aromatic N) is 1. The maximum atomic E-state index is 12.7. The van der Waals surface area contributed by atoms with E-state index in [9.17, 15) is 4.79 Å². The first-order valence-electron chi connectivity index (χ1n) is 7.71. The van der Waals surface area contributed by atoms with Crippen LogP contribution in [-0.4, -0.2) is 31.0 Å². The van der Waals surface area contributed by atoms with Crippen molar-refractivity contribution in [2.45, 2.75) is 44.7 Å².